The molecule has 0 aromatic heterocycles. The van der Waals surface area contributed by atoms with E-state index in [-0.39, 0.29) is 35.7 Å². The van der Waals surface area contributed by atoms with Crippen LogP contribution in [0.1, 0.15) is 23.2 Å². The number of carbonyl (C=O) groups excluding carboxylic acids is 2. The van der Waals surface area contributed by atoms with Gasteiger partial charge in [0.05, 0.1) is 17.1 Å². The van der Waals surface area contributed by atoms with Gasteiger partial charge in [0.25, 0.3) is 0 Å². The zero-order valence-electron chi connectivity index (χ0n) is 14.8. The van der Waals surface area contributed by atoms with Crippen molar-refractivity contribution in [2.75, 3.05) is 28.0 Å². The Morgan fingerprint density at radius 2 is 1.59 bits per heavy atom. The number of benzene rings is 2. The smallest absolute Gasteiger partial charge is 0.324 e. The number of carbonyl (C=O) groups is 2. The predicted molar refractivity (Wildman–Crippen MR) is 101 cm³/mol. The SMILES string of the molecule is CN1c2cc(F)c(NC(=O)CCC(=O)c3ccccc3)cc2N(C)S1(=O)=O. The number of anilines is 3. The summed E-state index contributed by atoms with van der Waals surface area (Å²) >= 11 is 0. The summed E-state index contributed by atoms with van der Waals surface area (Å²) in [7, 11) is -1.06. The highest BCUT2D eigenvalue weighted by Gasteiger charge is 2.36. The van der Waals surface area contributed by atoms with Crippen molar-refractivity contribution < 1.29 is 22.4 Å². The zero-order chi connectivity index (χ0) is 19.8. The minimum Gasteiger partial charge on any atom is -0.324 e. The van der Waals surface area contributed by atoms with E-state index in [9.17, 15) is 22.4 Å². The quantitative estimate of drug-likeness (QED) is 0.794. The molecule has 0 bridgehead atoms. The van der Waals surface area contributed by atoms with E-state index in [0.29, 0.717) is 5.56 Å². The highest BCUT2D eigenvalue weighted by molar-refractivity contribution is 7.94. The fourth-order valence-electron chi connectivity index (χ4n) is 2.79. The Balaban J connectivity index is 1.71. The highest BCUT2D eigenvalue weighted by atomic mass is 32.2. The second-order valence-corrected chi connectivity index (χ2v) is 8.09. The van der Waals surface area contributed by atoms with Gasteiger partial charge in [-0.05, 0) is 6.07 Å². The number of halogens is 1. The maximum atomic E-state index is 14.3. The molecule has 0 atom stereocenters. The van der Waals surface area contributed by atoms with Gasteiger partial charge in [0.15, 0.2) is 5.78 Å². The van der Waals surface area contributed by atoms with Crippen LogP contribution in [0.2, 0.25) is 0 Å². The lowest BCUT2D eigenvalue weighted by Crippen LogP contribution is -2.32. The molecule has 2 aromatic rings. The molecule has 2 aromatic carbocycles. The summed E-state index contributed by atoms with van der Waals surface area (Å²) in [5.41, 5.74) is 0.814. The van der Waals surface area contributed by atoms with Gasteiger partial charge in [-0.15, -0.1) is 0 Å². The number of fused-ring (bicyclic) bond motifs is 1. The van der Waals surface area contributed by atoms with Gasteiger partial charge in [0.2, 0.25) is 5.91 Å². The normalized spacial score (nSPS) is 14.8. The Hall–Kier alpha value is -2.94. The van der Waals surface area contributed by atoms with Gasteiger partial charge in [0, 0.05) is 38.6 Å². The number of rotatable bonds is 5. The van der Waals surface area contributed by atoms with Crippen molar-refractivity contribution in [3.05, 3.63) is 53.8 Å². The molecule has 9 heteroatoms. The molecule has 1 N–H and O–H groups in total. The van der Waals surface area contributed by atoms with Crippen LogP contribution in [-0.2, 0) is 15.0 Å². The van der Waals surface area contributed by atoms with Crippen LogP contribution >= 0.6 is 0 Å². The summed E-state index contributed by atoms with van der Waals surface area (Å²) in [6.45, 7) is 0. The van der Waals surface area contributed by atoms with E-state index in [1.54, 1.807) is 30.3 Å². The van der Waals surface area contributed by atoms with Crippen LogP contribution in [-0.4, -0.2) is 34.2 Å². The second-order valence-electron chi connectivity index (χ2n) is 6.10. The summed E-state index contributed by atoms with van der Waals surface area (Å²) in [4.78, 5) is 24.1. The van der Waals surface area contributed by atoms with Crippen molar-refractivity contribution >= 4 is 39.0 Å². The minimum atomic E-state index is -3.73. The van der Waals surface area contributed by atoms with E-state index < -0.39 is 21.9 Å². The lowest BCUT2D eigenvalue weighted by molar-refractivity contribution is -0.116. The summed E-state index contributed by atoms with van der Waals surface area (Å²) in [6, 6.07) is 10.9. The number of hydrogen-bond donors (Lipinski definition) is 1. The molecule has 0 aliphatic carbocycles. The molecule has 1 aliphatic heterocycles. The van der Waals surface area contributed by atoms with E-state index in [1.807, 2.05) is 0 Å². The zero-order valence-corrected chi connectivity index (χ0v) is 15.6. The van der Waals surface area contributed by atoms with E-state index in [2.05, 4.69) is 5.32 Å². The fraction of sp³-hybridized carbons (Fsp3) is 0.222. The lowest BCUT2D eigenvalue weighted by atomic mass is 10.1. The summed E-state index contributed by atoms with van der Waals surface area (Å²) in [5, 5.41) is 2.40. The first-order valence-electron chi connectivity index (χ1n) is 8.16. The van der Waals surface area contributed by atoms with Crippen molar-refractivity contribution in [1.82, 2.24) is 0 Å². The molecular formula is C18H18FN3O4S. The number of ketones is 1. The molecule has 1 heterocycles. The van der Waals surface area contributed by atoms with Crippen LogP contribution in [0.3, 0.4) is 0 Å². The molecule has 0 saturated carbocycles. The Morgan fingerprint density at radius 3 is 2.22 bits per heavy atom. The Morgan fingerprint density at radius 1 is 1.00 bits per heavy atom. The van der Waals surface area contributed by atoms with Crippen LogP contribution in [0.25, 0.3) is 0 Å². The molecular weight excluding hydrogens is 373 g/mol. The number of hydrogen-bond acceptors (Lipinski definition) is 4. The largest absolute Gasteiger partial charge is 0.326 e. The molecule has 27 heavy (non-hydrogen) atoms. The molecule has 0 spiro atoms. The number of amides is 1. The minimum absolute atomic E-state index is 0.0145. The van der Waals surface area contributed by atoms with Crippen molar-refractivity contribution in [2.45, 2.75) is 12.8 Å². The molecule has 0 saturated heterocycles. The van der Waals surface area contributed by atoms with Crippen molar-refractivity contribution in [2.24, 2.45) is 0 Å². The molecule has 142 valence electrons. The van der Waals surface area contributed by atoms with Crippen LogP contribution < -0.4 is 13.9 Å². The fourth-order valence-corrected chi connectivity index (χ4v) is 3.95. The Bertz CT molecular complexity index is 1010. The Labute approximate surface area is 156 Å². The third kappa shape index (κ3) is 3.50. The summed E-state index contributed by atoms with van der Waals surface area (Å²) < 4.78 is 40.5. The molecule has 1 amide bonds. The number of nitrogens with zero attached hydrogens (tertiary/aromatic N) is 2. The predicted octanol–water partition coefficient (Wildman–Crippen LogP) is 2.56. The molecule has 0 unspecified atom stereocenters. The number of nitrogens with one attached hydrogen (secondary N) is 1. The van der Waals surface area contributed by atoms with Crippen molar-refractivity contribution in [3.63, 3.8) is 0 Å². The van der Waals surface area contributed by atoms with Crippen LogP contribution in [0.4, 0.5) is 21.5 Å². The van der Waals surface area contributed by atoms with Gasteiger partial charge >= 0.3 is 10.2 Å². The first-order chi connectivity index (χ1) is 12.7. The summed E-state index contributed by atoms with van der Waals surface area (Å²) in [5.74, 6) is -1.48. The van der Waals surface area contributed by atoms with Gasteiger partial charge in [-0.2, -0.15) is 8.42 Å². The maximum absolute atomic E-state index is 14.3. The Kier molecular flexibility index (Phi) is 4.88. The van der Waals surface area contributed by atoms with Gasteiger partial charge in [-0.1, -0.05) is 30.3 Å². The molecule has 0 fully saturated rings. The van der Waals surface area contributed by atoms with Gasteiger partial charge in [0.1, 0.15) is 5.82 Å². The van der Waals surface area contributed by atoms with Crippen LogP contribution in [0.15, 0.2) is 42.5 Å². The topological polar surface area (TPSA) is 86.8 Å². The van der Waals surface area contributed by atoms with Crippen LogP contribution in [0.5, 0.6) is 0 Å². The summed E-state index contributed by atoms with van der Waals surface area (Å²) in [6.07, 6.45) is -0.127. The standard InChI is InChI=1S/C18H18FN3O4S/c1-21-15-10-13(19)14(11-16(15)22(2)27(21,25)26)20-18(24)9-8-17(23)12-6-4-3-5-7-12/h3-7,10-11H,8-9H2,1-2H3,(H,20,24). The number of Topliss-reactive ketones (excluding diaryl/α,β-unsaturated/α-hetero) is 1. The maximum Gasteiger partial charge on any atom is 0.326 e. The first-order valence-corrected chi connectivity index (χ1v) is 9.56. The van der Waals surface area contributed by atoms with Crippen molar-refractivity contribution in [1.29, 1.82) is 0 Å². The average Bonchev–Trinajstić information content (AvgIpc) is 2.81. The highest BCUT2D eigenvalue weighted by Crippen LogP contribution is 2.41. The molecule has 0 radical (unpaired) electrons. The van der Waals surface area contributed by atoms with E-state index in [0.717, 1.165) is 14.7 Å². The van der Waals surface area contributed by atoms with Gasteiger partial charge < -0.3 is 5.32 Å². The molecule has 1 aliphatic rings. The molecule has 3 rings (SSSR count). The average molecular weight is 391 g/mol. The first kappa shape index (κ1) is 18.8. The lowest BCUT2D eigenvalue weighted by Gasteiger charge is -2.13. The van der Waals surface area contributed by atoms with Crippen LogP contribution in [0, 0.1) is 5.82 Å². The van der Waals surface area contributed by atoms with Crippen molar-refractivity contribution in [3.8, 4) is 0 Å². The van der Waals surface area contributed by atoms with Gasteiger partial charge in [-0.3, -0.25) is 18.2 Å². The second kappa shape index (κ2) is 6.99. The van der Waals surface area contributed by atoms with E-state index in [4.69, 9.17) is 0 Å². The van der Waals surface area contributed by atoms with Gasteiger partial charge in [-0.25, -0.2) is 4.39 Å². The third-order valence-corrected chi connectivity index (χ3v) is 6.16. The van der Waals surface area contributed by atoms with E-state index >= 15 is 0 Å². The van der Waals surface area contributed by atoms with E-state index in [1.165, 1.54) is 20.2 Å². The molecule has 7 nitrogen and oxygen atoms in total. The third-order valence-electron chi connectivity index (χ3n) is 4.38. The monoisotopic (exact) mass is 391 g/mol.